The summed E-state index contributed by atoms with van der Waals surface area (Å²) in [7, 11) is 0. The molecule has 0 atom stereocenters. The number of rotatable bonds is 0. The number of benzene rings is 1. The molecule has 2 nitrogen and oxygen atoms in total. The van der Waals surface area contributed by atoms with Gasteiger partial charge in [0.1, 0.15) is 11.6 Å². The van der Waals surface area contributed by atoms with Crippen LogP contribution in [0.4, 0.5) is 4.39 Å². The fourth-order valence-electron chi connectivity index (χ4n) is 1.86. The highest BCUT2D eigenvalue weighted by molar-refractivity contribution is 14.1. The molecule has 0 spiro atoms. The number of aromatic nitrogens is 1. The van der Waals surface area contributed by atoms with Crippen molar-refractivity contribution < 1.29 is 9.13 Å². The first-order valence-corrected chi connectivity index (χ1v) is 6.96. The second-order valence-corrected chi connectivity index (χ2v) is 5.92. The van der Waals surface area contributed by atoms with E-state index in [-0.39, 0.29) is 5.82 Å². The summed E-state index contributed by atoms with van der Waals surface area (Å²) in [6, 6.07) is 5.20. The van der Waals surface area contributed by atoms with Crippen LogP contribution in [0.1, 0.15) is 11.1 Å². The minimum atomic E-state index is -0.359. The van der Waals surface area contributed by atoms with E-state index in [1.54, 1.807) is 18.3 Å². The highest BCUT2D eigenvalue weighted by atomic mass is 127. The first-order valence-electron chi connectivity index (χ1n) is 5.09. The molecule has 0 amide bonds. The van der Waals surface area contributed by atoms with Crippen molar-refractivity contribution in [2.24, 2.45) is 0 Å². The average Bonchev–Trinajstić information content (AvgIpc) is 2.35. The Morgan fingerprint density at radius 1 is 1.39 bits per heavy atom. The van der Waals surface area contributed by atoms with Crippen molar-refractivity contribution in [2.75, 3.05) is 0 Å². The molecule has 0 aliphatic carbocycles. The number of halogens is 3. The maximum atomic E-state index is 14.1. The molecule has 2 aromatic rings. The predicted molar refractivity (Wildman–Crippen MR) is 79.3 cm³/mol. The topological polar surface area (TPSA) is 22.1 Å². The van der Waals surface area contributed by atoms with E-state index in [4.69, 9.17) is 4.74 Å². The summed E-state index contributed by atoms with van der Waals surface area (Å²) < 4.78 is 21.1. The van der Waals surface area contributed by atoms with Gasteiger partial charge in [0.25, 0.3) is 0 Å². The van der Waals surface area contributed by atoms with E-state index in [1.165, 1.54) is 0 Å². The Hall–Kier alpha value is -0.950. The van der Waals surface area contributed by atoms with Crippen LogP contribution in [-0.4, -0.2) is 4.98 Å². The Balaban J connectivity index is 2.26. The lowest BCUT2D eigenvalue weighted by Gasteiger charge is -2.22. The summed E-state index contributed by atoms with van der Waals surface area (Å²) in [6.45, 7) is 3.96. The van der Waals surface area contributed by atoms with Crippen molar-refractivity contribution in [3.8, 4) is 11.6 Å². The molecular formula is C13H6BrFINO. The molecule has 0 saturated heterocycles. The third-order valence-corrected chi connectivity index (χ3v) is 3.91. The van der Waals surface area contributed by atoms with Gasteiger partial charge in [0.2, 0.25) is 5.88 Å². The van der Waals surface area contributed by atoms with E-state index in [9.17, 15) is 4.39 Å². The fourth-order valence-corrected chi connectivity index (χ4v) is 2.64. The zero-order valence-electron chi connectivity index (χ0n) is 9.01. The van der Waals surface area contributed by atoms with Gasteiger partial charge >= 0.3 is 0 Å². The average molecular weight is 418 g/mol. The van der Waals surface area contributed by atoms with Crippen LogP contribution < -0.4 is 4.74 Å². The quantitative estimate of drug-likeness (QED) is 0.492. The molecule has 3 rings (SSSR count). The van der Waals surface area contributed by atoms with Crippen molar-refractivity contribution >= 4 is 44.1 Å². The first-order chi connectivity index (χ1) is 8.58. The predicted octanol–water partition coefficient (Wildman–Crippen LogP) is 4.76. The Morgan fingerprint density at radius 2 is 2.17 bits per heavy atom. The van der Waals surface area contributed by atoms with Crippen molar-refractivity contribution in [3.05, 3.63) is 56.0 Å². The lowest BCUT2D eigenvalue weighted by atomic mass is 9.97. The SMILES string of the molecule is C=C1c2cc(I)cnc2Oc2ccc(Br)c(F)c21. The van der Waals surface area contributed by atoms with Gasteiger partial charge in [0.05, 0.1) is 10.0 Å². The second-order valence-electron chi connectivity index (χ2n) is 3.82. The summed E-state index contributed by atoms with van der Waals surface area (Å²) in [4.78, 5) is 4.20. The largest absolute Gasteiger partial charge is 0.438 e. The Kier molecular flexibility index (Phi) is 2.90. The molecular weight excluding hydrogens is 412 g/mol. The van der Waals surface area contributed by atoms with E-state index < -0.39 is 0 Å². The van der Waals surface area contributed by atoms with Crippen LogP contribution in [0.25, 0.3) is 5.57 Å². The molecule has 18 heavy (non-hydrogen) atoms. The maximum Gasteiger partial charge on any atom is 0.227 e. The van der Waals surface area contributed by atoms with E-state index in [0.717, 1.165) is 9.13 Å². The van der Waals surface area contributed by atoms with Crippen molar-refractivity contribution in [1.29, 1.82) is 0 Å². The number of ether oxygens (including phenoxy) is 1. The first kappa shape index (κ1) is 12.1. The van der Waals surface area contributed by atoms with Crippen molar-refractivity contribution in [3.63, 3.8) is 0 Å². The van der Waals surface area contributed by atoms with Gasteiger partial charge in [-0.2, -0.15) is 0 Å². The minimum absolute atomic E-state index is 0.359. The summed E-state index contributed by atoms with van der Waals surface area (Å²) in [5.41, 5.74) is 1.71. The molecule has 1 aromatic carbocycles. The third kappa shape index (κ3) is 1.76. The molecule has 0 radical (unpaired) electrons. The van der Waals surface area contributed by atoms with E-state index in [2.05, 4.69) is 50.1 Å². The van der Waals surface area contributed by atoms with Crippen LogP contribution in [0.2, 0.25) is 0 Å². The summed E-state index contributed by atoms with van der Waals surface area (Å²) in [6.07, 6.45) is 1.70. The van der Waals surface area contributed by atoms with Gasteiger partial charge in [0, 0.05) is 15.3 Å². The van der Waals surface area contributed by atoms with Gasteiger partial charge in [-0.3, -0.25) is 0 Å². The van der Waals surface area contributed by atoms with E-state index in [1.807, 2.05) is 6.07 Å². The smallest absolute Gasteiger partial charge is 0.227 e. The summed E-state index contributed by atoms with van der Waals surface area (Å²) in [5, 5.41) is 0. The summed E-state index contributed by atoms with van der Waals surface area (Å²) in [5.74, 6) is 0.554. The number of nitrogens with zero attached hydrogens (tertiary/aromatic N) is 1. The number of fused-ring (bicyclic) bond motifs is 2. The second kappa shape index (κ2) is 4.31. The molecule has 1 aliphatic heterocycles. The molecule has 0 N–H and O–H groups in total. The van der Waals surface area contributed by atoms with E-state index >= 15 is 0 Å². The molecule has 0 fully saturated rings. The van der Waals surface area contributed by atoms with Crippen LogP contribution in [0.5, 0.6) is 11.6 Å². The van der Waals surface area contributed by atoms with Gasteiger partial charge < -0.3 is 4.74 Å². The van der Waals surface area contributed by atoms with Crippen molar-refractivity contribution in [1.82, 2.24) is 4.98 Å². The molecule has 0 saturated carbocycles. The fraction of sp³-hybridized carbons (Fsp3) is 0. The summed E-state index contributed by atoms with van der Waals surface area (Å²) >= 11 is 5.32. The normalized spacial score (nSPS) is 12.7. The molecule has 90 valence electrons. The highest BCUT2D eigenvalue weighted by Gasteiger charge is 2.26. The highest BCUT2D eigenvalue weighted by Crippen LogP contribution is 2.44. The Labute approximate surface area is 125 Å². The Bertz CT molecular complexity index is 687. The molecule has 0 bridgehead atoms. The van der Waals surface area contributed by atoms with Gasteiger partial charge in [-0.05, 0) is 62.3 Å². The molecule has 1 aliphatic rings. The Morgan fingerprint density at radius 3 is 2.94 bits per heavy atom. The van der Waals surface area contributed by atoms with Crippen LogP contribution in [0.15, 0.2) is 35.4 Å². The van der Waals surface area contributed by atoms with Gasteiger partial charge in [-0.25, -0.2) is 9.37 Å². The number of hydrogen-bond donors (Lipinski definition) is 0. The van der Waals surface area contributed by atoms with Crippen LogP contribution in [0.3, 0.4) is 0 Å². The van der Waals surface area contributed by atoms with E-state index in [0.29, 0.717) is 27.2 Å². The lowest BCUT2D eigenvalue weighted by Crippen LogP contribution is -2.06. The minimum Gasteiger partial charge on any atom is -0.438 e. The zero-order valence-corrected chi connectivity index (χ0v) is 12.7. The maximum absolute atomic E-state index is 14.1. The van der Waals surface area contributed by atoms with Crippen LogP contribution in [-0.2, 0) is 0 Å². The van der Waals surface area contributed by atoms with Gasteiger partial charge in [-0.15, -0.1) is 0 Å². The molecule has 1 aromatic heterocycles. The third-order valence-electron chi connectivity index (χ3n) is 2.71. The van der Waals surface area contributed by atoms with Gasteiger partial charge in [-0.1, -0.05) is 6.58 Å². The van der Waals surface area contributed by atoms with Gasteiger partial charge in [0.15, 0.2) is 0 Å². The van der Waals surface area contributed by atoms with Crippen LogP contribution in [0, 0.1) is 9.39 Å². The number of hydrogen-bond acceptors (Lipinski definition) is 2. The van der Waals surface area contributed by atoms with Crippen molar-refractivity contribution in [2.45, 2.75) is 0 Å². The molecule has 0 unspecified atom stereocenters. The standard InChI is InChI=1S/C13H6BrFINO/c1-6-8-4-7(16)5-17-13(8)18-10-3-2-9(14)12(15)11(6)10/h2-5H,1H2. The molecule has 2 heterocycles. The monoisotopic (exact) mass is 417 g/mol. The zero-order chi connectivity index (χ0) is 12.9. The number of pyridine rings is 1. The lowest BCUT2D eigenvalue weighted by molar-refractivity contribution is 0.447. The molecule has 5 heteroatoms. The van der Waals surface area contributed by atoms with Crippen LogP contribution >= 0.6 is 38.5 Å².